The van der Waals surface area contributed by atoms with Crippen molar-refractivity contribution in [3.63, 3.8) is 0 Å². The molecule has 4 rings (SSSR count). The van der Waals surface area contributed by atoms with Crippen molar-refractivity contribution < 1.29 is 4.79 Å². The summed E-state index contributed by atoms with van der Waals surface area (Å²) in [4.78, 5) is 17.0. The fraction of sp³-hybridized carbons (Fsp3) is 0. The SMILES string of the molecule is O=C(c1ccc(-c2ccccc2)cc1)n1cnc2ccccc21. The molecule has 0 unspecified atom stereocenters. The molecule has 0 aliphatic rings. The van der Waals surface area contributed by atoms with Gasteiger partial charge in [0.25, 0.3) is 5.91 Å². The molecule has 110 valence electrons. The maximum atomic E-state index is 12.7. The van der Waals surface area contributed by atoms with Crippen molar-refractivity contribution in [2.45, 2.75) is 0 Å². The van der Waals surface area contributed by atoms with E-state index in [2.05, 4.69) is 17.1 Å². The Labute approximate surface area is 133 Å². The van der Waals surface area contributed by atoms with Gasteiger partial charge in [0.2, 0.25) is 0 Å². The number of benzene rings is 3. The van der Waals surface area contributed by atoms with Gasteiger partial charge in [-0.15, -0.1) is 0 Å². The molecule has 0 atom stereocenters. The smallest absolute Gasteiger partial charge is 0.263 e. The lowest BCUT2D eigenvalue weighted by molar-refractivity contribution is 0.0964. The number of rotatable bonds is 2. The maximum absolute atomic E-state index is 12.7. The average molecular weight is 298 g/mol. The first-order valence-corrected chi connectivity index (χ1v) is 7.45. The number of hydrogen-bond acceptors (Lipinski definition) is 2. The van der Waals surface area contributed by atoms with Crippen LogP contribution in [-0.2, 0) is 0 Å². The standard InChI is InChI=1S/C20H14N2O/c23-20(22-14-21-18-8-4-5-9-19(18)22)17-12-10-16(11-13-17)15-6-2-1-3-7-15/h1-14H. The molecule has 0 bridgehead atoms. The van der Waals surface area contributed by atoms with E-state index in [1.54, 1.807) is 10.9 Å². The van der Waals surface area contributed by atoms with Gasteiger partial charge >= 0.3 is 0 Å². The maximum Gasteiger partial charge on any atom is 0.263 e. The first-order chi connectivity index (χ1) is 11.3. The van der Waals surface area contributed by atoms with Crippen LogP contribution < -0.4 is 0 Å². The third kappa shape index (κ3) is 2.42. The van der Waals surface area contributed by atoms with E-state index in [1.807, 2.05) is 66.7 Å². The summed E-state index contributed by atoms with van der Waals surface area (Å²) in [5.74, 6) is -0.0710. The molecule has 0 aliphatic heterocycles. The van der Waals surface area contributed by atoms with Gasteiger partial charge in [-0.05, 0) is 35.4 Å². The van der Waals surface area contributed by atoms with Gasteiger partial charge in [0.05, 0.1) is 11.0 Å². The summed E-state index contributed by atoms with van der Waals surface area (Å²) in [6.45, 7) is 0. The third-order valence-electron chi connectivity index (χ3n) is 3.91. The zero-order valence-corrected chi connectivity index (χ0v) is 12.4. The van der Waals surface area contributed by atoms with Crippen LogP contribution in [0.15, 0.2) is 85.2 Å². The molecular formula is C20H14N2O. The summed E-state index contributed by atoms with van der Waals surface area (Å²) in [6, 6.07) is 25.4. The Morgan fingerprint density at radius 3 is 2.17 bits per heavy atom. The van der Waals surface area contributed by atoms with E-state index in [0.29, 0.717) is 5.56 Å². The van der Waals surface area contributed by atoms with E-state index >= 15 is 0 Å². The zero-order valence-electron chi connectivity index (χ0n) is 12.4. The second-order valence-corrected chi connectivity index (χ2v) is 5.35. The number of fused-ring (bicyclic) bond motifs is 1. The minimum absolute atomic E-state index is 0.0710. The summed E-state index contributed by atoms with van der Waals surface area (Å²) in [7, 11) is 0. The third-order valence-corrected chi connectivity index (χ3v) is 3.91. The fourth-order valence-corrected chi connectivity index (χ4v) is 2.70. The van der Waals surface area contributed by atoms with Gasteiger partial charge in [0.1, 0.15) is 6.33 Å². The summed E-state index contributed by atoms with van der Waals surface area (Å²) >= 11 is 0. The Hall–Kier alpha value is -3.20. The number of carbonyl (C=O) groups is 1. The van der Waals surface area contributed by atoms with Gasteiger partial charge in [0, 0.05) is 5.56 Å². The summed E-state index contributed by atoms with van der Waals surface area (Å²) in [5, 5.41) is 0. The predicted molar refractivity (Wildman–Crippen MR) is 91.3 cm³/mol. The molecule has 3 nitrogen and oxygen atoms in total. The molecule has 4 aromatic rings. The molecule has 0 amide bonds. The summed E-state index contributed by atoms with van der Waals surface area (Å²) < 4.78 is 1.59. The van der Waals surface area contributed by atoms with E-state index in [9.17, 15) is 4.79 Å². The summed E-state index contributed by atoms with van der Waals surface area (Å²) in [6.07, 6.45) is 1.58. The minimum atomic E-state index is -0.0710. The van der Waals surface area contributed by atoms with Gasteiger partial charge in [-0.3, -0.25) is 9.36 Å². The highest BCUT2D eigenvalue weighted by atomic mass is 16.2. The van der Waals surface area contributed by atoms with Gasteiger partial charge < -0.3 is 0 Å². The van der Waals surface area contributed by atoms with E-state index in [-0.39, 0.29) is 5.91 Å². The van der Waals surface area contributed by atoms with Crippen LogP contribution in [0.25, 0.3) is 22.2 Å². The number of hydrogen-bond donors (Lipinski definition) is 0. The topological polar surface area (TPSA) is 34.9 Å². The van der Waals surface area contributed by atoms with Crippen LogP contribution in [0.2, 0.25) is 0 Å². The largest absolute Gasteiger partial charge is 0.268 e. The van der Waals surface area contributed by atoms with Crippen LogP contribution in [0.4, 0.5) is 0 Å². The number of aromatic nitrogens is 2. The Balaban J connectivity index is 1.69. The normalized spacial score (nSPS) is 10.8. The number of para-hydroxylation sites is 2. The molecule has 23 heavy (non-hydrogen) atoms. The van der Waals surface area contributed by atoms with Crippen LogP contribution in [0.5, 0.6) is 0 Å². The van der Waals surface area contributed by atoms with Crippen molar-refractivity contribution in [1.29, 1.82) is 0 Å². The van der Waals surface area contributed by atoms with Gasteiger partial charge in [0.15, 0.2) is 0 Å². The molecule has 0 aliphatic carbocycles. The molecule has 0 saturated heterocycles. The predicted octanol–water partition coefficient (Wildman–Crippen LogP) is 4.39. The molecule has 0 radical (unpaired) electrons. The first kappa shape index (κ1) is 13.5. The Kier molecular flexibility index (Phi) is 3.24. The zero-order chi connectivity index (χ0) is 15.6. The van der Waals surface area contributed by atoms with Crippen LogP contribution >= 0.6 is 0 Å². The lowest BCUT2D eigenvalue weighted by Crippen LogP contribution is -2.10. The highest BCUT2D eigenvalue weighted by Crippen LogP contribution is 2.20. The van der Waals surface area contributed by atoms with Crippen molar-refractivity contribution in [2.24, 2.45) is 0 Å². The van der Waals surface area contributed by atoms with Crippen LogP contribution in [0.3, 0.4) is 0 Å². The first-order valence-electron chi connectivity index (χ1n) is 7.45. The molecule has 1 heterocycles. The van der Waals surface area contributed by atoms with E-state index in [4.69, 9.17) is 0 Å². The monoisotopic (exact) mass is 298 g/mol. The average Bonchev–Trinajstić information content (AvgIpc) is 3.06. The number of nitrogens with zero attached hydrogens (tertiary/aromatic N) is 2. The van der Waals surface area contributed by atoms with Gasteiger partial charge in [-0.2, -0.15) is 0 Å². The molecule has 3 aromatic carbocycles. The molecule has 1 aromatic heterocycles. The quantitative estimate of drug-likeness (QED) is 0.550. The van der Waals surface area contributed by atoms with Crippen molar-refractivity contribution >= 4 is 16.9 Å². The lowest BCUT2D eigenvalue weighted by atomic mass is 10.0. The highest BCUT2D eigenvalue weighted by molar-refractivity contribution is 6.01. The molecule has 3 heteroatoms. The molecule has 0 fully saturated rings. The molecule has 0 saturated carbocycles. The second kappa shape index (κ2) is 5.54. The molecule has 0 spiro atoms. The highest BCUT2D eigenvalue weighted by Gasteiger charge is 2.12. The van der Waals surface area contributed by atoms with Crippen LogP contribution in [0.1, 0.15) is 10.4 Å². The Morgan fingerprint density at radius 2 is 1.39 bits per heavy atom. The number of carbonyl (C=O) groups excluding carboxylic acids is 1. The van der Waals surface area contributed by atoms with Crippen LogP contribution in [0, 0.1) is 0 Å². The van der Waals surface area contributed by atoms with Crippen molar-refractivity contribution in [2.75, 3.05) is 0 Å². The van der Waals surface area contributed by atoms with E-state index in [0.717, 1.165) is 22.2 Å². The van der Waals surface area contributed by atoms with Crippen molar-refractivity contribution in [3.05, 3.63) is 90.8 Å². The van der Waals surface area contributed by atoms with Crippen molar-refractivity contribution in [3.8, 4) is 11.1 Å². The van der Waals surface area contributed by atoms with Gasteiger partial charge in [-0.1, -0.05) is 54.6 Å². The minimum Gasteiger partial charge on any atom is -0.268 e. The summed E-state index contributed by atoms with van der Waals surface area (Å²) in [5.41, 5.74) is 4.52. The van der Waals surface area contributed by atoms with Crippen LogP contribution in [-0.4, -0.2) is 15.5 Å². The second-order valence-electron chi connectivity index (χ2n) is 5.35. The van der Waals surface area contributed by atoms with E-state index in [1.165, 1.54) is 0 Å². The lowest BCUT2D eigenvalue weighted by Gasteiger charge is -2.05. The van der Waals surface area contributed by atoms with Gasteiger partial charge in [-0.25, -0.2) is 4.98 Å². The Bertz CT molecular complexity index is 969. The van der Waals surface area contributed by atoms with Crippen molar-refractivity contribution in [1.82, 2.24) is 9.55 Å². The Morgan fingerprint density at radius 1 is 0.739 bits per heavy atom. The fourth-order valence-electron chi connectivity index (χ4n) is 2.70. The molecule has 0 N–H and O–H groups in total. The molecular weight excluding hydrogens is 284 g/mol. The number of imidazole rings is 1. The van der Waals surface area contributed by atoms with E-state index < -0.39 is 0 Å².